The summed E-state index contributed by atoms with van der Waals surface area (Å²) in [6.07, 6.45) is 23.3. The Bertz CT molecular complexity index is 374. The Balaban J connectivity index is 1.71. The van der Waals surface area contributed by atoms with Crippen LogP contribution >= 0.6 is 0 Å². The third-order valence-corrected chi connectivity index (χ3v) is 5.60. The van der Waals surface area contributed by atoms with Crippen LogP contribution in [-0.2, 0) is 9.47 Å². The first-order valence-corrected chi connectivity index (χ1v) is 12.5. The zero-order valence-corrected chi connectivity index (χ0v) is 19.1. The predicted octanol–water partition coefficient (Wildman–Crippen LogP) is 8.04. The molecule has 2 heteroatoms. The van der Waals surface area contributed by atoms with Crippen molar-refractivity contribution in [3.63, 3.8) is 0 Å². The molecular formula is C26H48O2. The molecule has 0 aromatic carbocycles. The minimum Gasteiger partial charge on any atom is -0.353 e. The van der Waals surface area contributed by atoms with Crippen molar-refractivity contribution in [3.8, 4) is 11.8 Å². The van der Waals surface area contributed by atoms with Crippen LogP contribution in [0.15, 0.2) is 0 Å². The number of ether oxygens (including phenoxy) is 2. The lowest BCUT2D eigenvalue weighted by Crippen LogP contribution is -2.22. The summed E-state index contributed by atoms with van der Waals surface area (Å²) in [5.74, 6) is 7.60. The molecule has 0 N–H and O–H groups in total. The van der Waals surface area contributed by atoms with Crippen molar-refractivity contribution in [2.24, 2.45) is 5.92 Å². The van der Waals surface area contributed by atoms with Gasteiger partial charge in [-0.1, -0.05) is 78.1 Å². The summed E-state index contributed by atoms with van der Waals surface area (Å²) in [6, 6.07) is 0. The fourth-order valence-corrected chi connectivity index (χ4v) is 3.73. The summed E-state index contributed by atoms with van der Waals surface area (Å²) in [4.78, 5) is 0. The van der Waals surface area contributed by atoms with Gasteiger partial charge in [0.1, 0.15) is 0 Å². The molecule has 0 spiro atoms. The molecule has 0 amide bonds. The lowest BCUT2D eigenvalue weighted by molar-refractivity contribution is -0.162. The average molecular weight is 393 g/mol. The molecule has 1 aliphatic heterocycles. The molecule has 0 saturated carbocycles. The normalized spacial score (nSPS) is 16.9. The van der Waals surface area contributed by atoms with E-state index in [1.165, 1.54) is 96.3 Å². The minimum atomic E-state index is 0.0894. The van der Waals surface area contributed by atoms with Gasteiger partial charge in [0.05, 0.1) is 0 Å². The van der Waals surface area contributed by atoms with E-state index in [-0.39, 0.29) is 6.29 Å². The summed E-state index contributed by atoms with van der Waals surface area (Å²) in [5.41, 5.74) is 0. The zero-order valence-electron chi connectivity index (χ0n) is 19.1. The summed E-state index contributed by atoms with van der Waals surface area (Å²) in [5, 5.41) is 0. The van der Waals surface area contributed by atoms with Gasteiger partial charge in [0.25, 0.3) is 0 Å². The monoisotopic (exact) mass is 392 g/mol. The van der Waals surface area contributed by atoms with Crippen LogP contribution in [0.1, 0.15) is 129 Å². The molecule has 1 aliphatic rings. The quantitative estimate of drug-likeness (QED) is 0.184. The van der Waals surface area contributed by atoms with Gasteiger partial charge in [0, 0.05) is 26.1 Å². The third kappa shape index (κ3) is 17.6. The van der Waals surface area contributed by atoms with Gasteiger partial charge in [0.15, 0.2) is 6.29 Å². The van der Waals surface area contributed by atoms with Crippen molar-refractivity contribution in [1.29, 1.82) is 0 Å². The fourth-order valence-electron chi connectivity index (χ4n) is 3.73. The van der Waals surface area contributed by atoms with Gasteiger partial charge in [-0.3, -0.25) is 0 Å². The summed E-state index contributed by atoms with van der Waals surface area (Å²) in [6.45, 7) is 6.39. The van der Waals surface area contributed by atoms with E-state index in [0.29, 0.717) is 0 Å². The van der Waals surface area contributed by atoms with Crippen LogP contribution in [0.2, 0.25) is 0 Å². The highest BCUT2D eigenvalue weighted by Crippen LogP contribution is 2.15. The van der Waals surface area contributed by atoms with E-state index >= 15 is 0 Å². The fraction of sp³-hybridized carbons (Fsp3) is 0.923. The first-order chi connectivity index (χ1) is 13.8. The highest BCUT2D eigenvalue weighted by Gasteiger charge is 2.13. The van der Waals surface area contributed by atoms with Crippen molar-refractivity contribution in [3.05, 3.63) is 0 Å². The maximum Gasteiger partial charge on any atom is 0.157 e. The van der Waals surface area contributed by atoms with Crippen LogP contribution in [0.25, 0.3) is 0 Å². The molecule has 28 heavy (non-hydrogen) atoms. The zero-order chi connectivity index (χ0) is 20.1. The Kier molecular flexibility index (Phi) is 18.0. The highest BCUT2D eigenvalue weighted by molar-refractivity contribution is 4.98. The molecule has 0 aromatic rings. The second-order valence-corrected chi connectivity index (χ2v) is 8.95. The van der Waals surface area contributed by atoms with E-state index in [4.69, 9.17) is 9.47 Å². The molecule has 0 aromatic heterocycles. The van der Waals surface area contributed by atoms with Gasteiger partial charge in [-0.2, -0.15) is 0 Å². The largest absolute Gasteiger partial charge is 0.353 e. The van der Waals surface area contributed by atoms with E-state index < -0.39 is 0 Å². The van der Waals surface area contributed by atoms with Gasteiger partial charge in [0.2, 0.25) is 0 Å². The second-order valence-electron chi connectivity index (χ2n) is 8.95. The maximum absolute atomic E-state index is 5.78. The third-order valence-electron chi connectivity index (χ3n) is 5.60. The molecule has 1 heterocycles. The Morgan fingerprint density at radius 2 is 1.32 bits per heavy atom. The lowest BCUT2D eigenvalue weighted by atomic mass is 10.0. The highest BCUT2D eigenvalue weighted by atomic mass is 16.7. The van der Waals surface area contributed by atoms with Crippen molar-refractivity contribution in [2.75, 3.05) is 13.2 Å². The van der Waals surface area contributed by atoms with E-state index in [1.54, 1.807) is 0 Å². The van der Waals surface area contributed by atoms with Gasteiger partial charge in [-0.15, -0.1) is 11.8 Å². The van der Waals surface area contributed by atoms with Crippen LogP contribution in [-0.4, -0.2) is 19.5 Å². The van der Waals surface area contributed by atoms with Gasteiger partial charge in [-0.25, -0.2) is 0 Å². The van der Waals surface area contributed by atoms with E-state index in [9.17, 15) is 0 Å². The van der Waals surface area contributed by atoms with Crippen molar-refractivity contribution in [2.45, 2.75) is 136 Å². The van der Waals surface area contributed by atoms with E-state index in [0.717, 1.165) is 38.4 Å². The van der Waals surface area contributed by atoms with Crippen LogP contribution in [0, 0.1) is 17.8 Å². The number of hydrogen-bond donors (Lipinski definition) is 0. The standard InChI is InChI=1S/C26H48O2/c1-25(2)21-17-15-13-11-9-7-5-3-4-6-8-10-12-14-16-19-23-27-26-22-18-20-24-28-26/h25-26H,3-4,6,8-24H2,1-2H3. The Hall–Kier alpha value is -0.520. The molecule has 1 atom stereocenters. The van der Waals surface area contributed by atoms with Crippen LogP contribution in [0.4, 0.5) is 0 Å². The lowest BCUT2D eigenvalue weighted by Gasteiger charge is -2.22. The first kappa shape index (κ1) is 25.5. The van der Waals surface area contributed by atoms with Crippen molar-refractivity contribution in [1.82, 2.24) is 0 Å². The number of rotatable bonds is 17. The van der Waals surface area contributed by atoms with Crippen molar-refractivity contribution < 1.29 is 9.47 Å². The molecule has 1 saturated heterocycles. The SMILES string of the molecule is CC(C)CCCCCCC#CCCCCCCCCCCOC1CCCCO1. The van der Waals surface area contributed by atoms with Crippen LogP contribution < -0.4 is 0 Å². The van der Waals surface area contributed by atoms with E-state index in [1.807, 2.05) is 0 Å². The van der Waals surface area contributed by atoms with Gasteiger partial charge < -0.3 is 9.47 Å². The average Bonchev–Trinajstić information content (AvgIpc) is 2.70. The summed E-state index contributed by atoms with van der Waals surface area (Å²) < 4.78 is 11.4. The van der Waals surface area contributed by atoms with Crippen molar-refractivity contribution >= 4 is 0 Å². The molecule has 164 valence electrons. The van der Waals surface area contributed by atoms with Gasteiger partial charge in [-0.05, 0) is 44.4 Å². The summed E-state index contributed by atoms with van der Waals surface area (Å²) in [7, 11) is 0. The molecule has 1 unspecified atom stereocenters. The van der Waals surface area contributed by atoms with E-state index in [2.05, 4.69) is 25.7 Å². The first-order valence-electron chi connectivity index (χ1n) is 12.5. The summed E-state index contributed by atoms with van der Waals surface area (Å²) >= 11 is 0. The molecule has 0 aliphatic carbocycles. The topological polar surface area (TPSA) is 18.5 Å². The molecule has 0 radical (unpaired) electrons. The molecule has 0 bridgehead atoms. The maximum atomic E-state index is 5.78. The molecule has 2 nitrogen and oxygen atoms in total. The molecule has 1 rings (SSSR count). The second kappa shape index (κ2) is 19.8. The number of unbranched alkanes of at least 4 members (excludes halogenated alkanes) is 12. The Labute approximate surface area is 176 Å². The molecule has 1 fully saturated rings. The predicted molar refractivity (Wildman–Crippen MR) is 121 cm³/mol. The van der Waals surface area contributed by atoms with Gasteiger partial charge >= 0.3 is 0 Å². The Morgan fingerprint density at radius 1 is 0.750 bits per heavy atom. The smallest absolute Gasteiger partial charge is 0.157 e. The Morgan fingerprint density at radius 3 is 1.89 bits per heavy atom. The minimum absolute atomic E-state index is 0.0894. The van der Waals surface area contributed by atoms with Crippen LogP contribution in [0.5, 0.6) is 0 Å². The number of hydrogen-bond acceptors (Lipinski definition) is 2. The molecular weight excluding hydrogens is 344 g/mol. The van der Waals surface area contributed by atoms with Crippen LogP contribution in [0.3, 0.4) is 0 Å².